The van der Waals surface area contributed by atoms with E-state index < -0.39 is 12.0 Å². The quantitative estimate of drug-likeness (QED) is 0.296. The molecule has 5 rings (SSSR count). The number of halogens is 4. The maximum atomic E-state index is 13.6. The lowest BCUT2D eigenvalue weighted by Gasteiger charge is -2.25. The summed E-state index contributed by atoms with van der Waals surface area (Å²) in [6, 6.07) is 17.4. The summed E-state index contributed by atoms with van der Waals surface area (Å²) in [5.74, 6) is -1.07. The van der Waals surface area contributed by atoms with Crippen LogP contribution in [0.4, 0.5) is 23.4 Å². The van der Waals surface area contributed by atoms with Gasteiger partial charge in [-0.2, -0.15) is 13.2 Å². The smallest absolute Gasteiger partial charge is 0.355 e. The van der Waals surface area contributed by atoms with Crippen LogP contribution in [0.15, 0.2) is 60.7 Å². The predicted molar refractivity (Wildman–Crippen MR) is 121 cm³/mol. The Kier molecular flexibility index (Phi) is 5.62. The fraction of sp³-hybridized carbons (Fsp3) is 0.280. The standard InChI is InChI=1S/C25H22F4N4/c26-19-9-6-17(7-10-19)16-32-12-3-13-33(15-14-32)23-22-20-5-2-1-4-18(20)8-11-21(22)30-24(31-23)25(27,28)29/h1-2,4-11H,3,12-16H2. The fourth-order valence-corrected chi connectivity index (χ4v) is 4.43. The second-order valence-corrected chi connectivity index (χ2v) is 8.29. The van der Waals surface area contributed by atoms with Crippen molar-refractivity contribution >= 4 is 27.5 Å². The van der Waals surface area contributed by atoms with Gasteiger partial charge in [0.25, 0.3) is 0 Å². The molecule has 8 heteroatoms. The molecule has 2 heterocycles. The average molecular weight is 454 g/mol. The predicted octanol–water partition coefficient (Wildman–Crippen LogP) is 5.65. The zero-order valence-corrected chi connectivity index (χ0v) is 17.8. The van der Waals surface area contributed by atoms with Crippen molar-refractivity contribution in [3.8, 4) is 0 Å². The Morgan fingerprint density at radius 2 is 1.61 bits per heavy atom. The van der Waals surface area contributed by atoms with Gasteiger partial charge >= 0.3 is 6.18 Å². The summed E-state index contributed by atoms with van der Waals surface area (Å²) in [6.07, 6.45) is -3.85. The lowest BCUT2D eigenvalue weighted by atomic mass is 10.0. The molecule has 33 heavy (non-hydrogen) atoms. The van der Waals surface area contributed by atoms with Crippen molar-refractivity contribution in [2.24, 2.45) is 0 Å². The second kappa shape index (κ2) is 8.59. The number of fused-ring (bicyclic) bond motifs is 3. The first kappa shape index (κ1) is 21.6. The molecule has 0 unspecified atom stereocenters. The van der Waals surface area contributed by atoms with Gasteiger partial charge in [-0.1, -0.05) is 42.5 Å². The Morgan fingerprint density at radius 1 is 0.818 bits per heavy atom. The summed E-state index contributed by atoms with van der Waals surface area (Å²) in [6.45, 7) is 3.24. The summed E-state index contributed by atoms with van der Waals surface area (Å²) in [7, 11) is 0. The molecule has 0 amide bonds. The number of benzene rings is 3. The molecule has 0 saturated carbocycles. The van der Waals surface area contributed by atoms with E-state index in [1.54, 1.807) is 24.3 Å². The molecule has 0 aliphatic carbocycles. The molecule has 4 nitrogen and oxygen atoms in total. The summed E-state index contributed by atoms with van der Waals surface area (Å²) in [4.78, 5) is 12.1. The molecule has 0 bridgehead atoms. The first-order valence-electron chi connectivity index (χ1n) is 10.9. The van der Waals surface area contributed by atoms with Crippen molar-refractivity contribution < 1.29 is 17.6 Å². The Hall–Kier alpha value is -3.26. The summed E-state index contributed by atoms with van der Waals surface area (Å²) in [5, 5.41) is 2.42. The van der Waals surface area contributed by atoms with Gasteiger partial charge in [-0.25, -0.2) is 14.4 Å². The number of hydrogen-bond acceptors (Lipinski definition) is 4. The van der Waals surface area contributed by atoms with Crippen molar-refractivity contribution in [2.75, 3.05) is 31.1 Å². The summed E-state index contributed by atoms with van der Waals surface area (Å²) >= 11 is 0. The van der Waals surface area contributed by atoms with Crippen molar-refractivity contribution in [1.82, 2.24) is 14.9 Å². The molecule has 1 saturated heterocycles. The maximum Gasteiger partial charge on any atom is 0.451 e. The van der Waals surface area contributed by atoms with Crippen LogP contribution in [-0.2, 0) is 12.7 Å². The van der Waals surface area contributed by atoms with E-state index in [-0.39, 0.29) is 5.82 Å². The molecule has 0 radical (unpaired) electrons. The zero-order valence-electron chi connectivity index (χ0n) is 17.8. The van der Waals surface area contributed by atoms with Gasteiger partial charge in [0.1, 0.15) is 11.6 Å². The number of alkyl halides is 3. The van der Waals surface area contributed by atoms with Crippen LogP contribution in [0.3, 0.4) is 0 Å². The largest absolute Gasteiger partial charge is 0.451 e. The van der Waals surface area contributed by atoms with Gasteiger partial charge in [-0.3, -0.25) is 4.90 Å². The second-order valence-electron chi connectivity index (χ2n) is 8.29. The van der Waals surface area contributed by atoms with E-state index in [1.807, 2.05) is 29.2 Å². The van der Waals surface area contributed by atoms with Crippen LogP contribution in [0.2, 0.25) is 0 Å². The van der Waals surface area contributed by atoms with Gasteiger partial charge in [-0.15, -0.1) is 0 Å². The molecule has 0 spiro atoms. The van der Waals surface area contributed by atoms with Crippen LogP contribution in [0.5, 0.6) is 0 Å². The lowest BCUT2D eigenvalue weighted by molar-refractivity contribution is -0.144. The molecular formula is C25H22F4N4. The number of aromatic nitrogens is 2. The summed E-state index contributed by atoms with van der Waals surface area (Å²) < 4.78 is 54.0. The highest BCUT2D eigenvalue weighted by Crippen LogP contribution is 2.35. The number of hydrogen-bond donors (Lipinski definition) is 0. The number of rotatable bonds is 3. The first-order chi connectivity index (χ1) is 15.9. The Bertz CT molecular complexity index is 1290. The molecule has 0 atom stereocenters. The van der Waals surface area contributed by atoms with Gasteiger partial charge in [0, 0.05) is 32.7 Å². The zero-order chi connectivity index (χ0) is 23.0. The Labute approximate surface area is 188 Å². The molecular weight excluding hydrogens is 432 g/mol. The van der Waals surface area contributed by atoms with E-state index in [2.05, 4.69) is 14.9 Å². The molecule has 1 aliphatic rings. The highest BCUT2D eigenvalue weighted by molar-refractivity contribution is 6.11. The van der Waals surface area contributed by atoms with Crippen molar-refractivity contribution in [3.05, 3.63) is 77.9 Å². The van der Waals surface area contributed by atoms with Gasteiger partial charge in [0.15, 0.2) is 0 Å². The normalized spacial score (nSPS) is 15.8. The van der Waals surface area contributed by atoms with Gasteiger partial charge in [-0.05, 0) is 41.0 Å². The molecule has 1 aliphatic heterocycles. The van der Waals surface area contributed by atoms with E-state index in [4.69, 9.17) is 0 Å². The molecule has 170 valence electrons. The van der Waals surface area contributed by atoms with Gasteiger partial charge in [0.05, 0.1) is 10.9 Å². The van der Waals surface area contributed by atoms with Crippen molar-refractivity contribution in [1.29, 1.82) is 0 Å². The van der Waals surface area contributed by atoms with Crippen molar-refractivity contribution in [2.45, 2.75) is 19.1 Å². The highest BCUT2D eigenvalue weighted by atomic mass is 19.4. The van der Waals surface area contributed by atoms with Gasteiger partial charge in [0.2, 0.25) is 5.82 Å². The van der Waals surface area contributed by atoms with E-state index in [0.717, 1.165) is 29.3 Å². The third-order valence-electron chi connectivity index (χ3n) is 6.03. The maximum absolute atomic E-state index is 13.6. The van der Waals surface area contributed by atoms with E-state index in [0.29, 0.717) is 42.9 Å². The number of nitrogens with zero attached hydrogens (tertiary/aromatic N) is 4. The molecule has 0 N–H and O–H groups in total. The summed E-state index contributed by atoms with van der Waals surface area (Å²) in [5.41, 5.74) is 1.29. The monoisotopic (exact) mass is 454 g/mol. The fourth-order valence-electron chi connectivity index (χ4n) is 4.43. The van der Waals surface area contributed by atoms with E-state index in [1.165, 1.54) is 12.1 Å². The van der Waals surface area contributed by atoms with Gasteiger partial charge < -0.3 is 4.90 Å². The third kappa shape index (κ3) is 4.48. The van der Waals surface area contributed by atoms with Crippen LogP contribution >= 0.6 is 0 Å². The van der Waals surface area contributed by atoms with E-state index in [9.17, 15) is 17.6 Å². The minimum Gasteiger partial charge on any atom is -0.355 e. The minimum absolute atomic E-state index is 0.274. The molecule has 3 aromatic carbocycles. The topological polar surface area (TPSA) is 32.3 Å². The van der Waals surface area contributed by atoms with Crippen molar-refractivity contribution in [3.63, 3.8) is 0 Å². The lowest BCUT2D eigenvalue weighted by Crippen LogP contribution is -2.31. The van der Waals surface area contributed by atoms with E-state index >= 15 is 0 Å². The SMILES string of the molecule is Fc1ccc(CN2CCCN(c3nc(C(F)(F)F)nc4ccc5ccccc5c34)CC2)cc1. The number of anilines is 1. The highest BCUT2D eigenvalue weighted by Gasteiger charge is 2.36. The van der Waals surface area contributed by atoms with Crippen LogP contribution in [0.25, 0.3) is 21.7 Å². The van der Waals surface area contributed by atoms with Crippen LogP contribution < -0.4 is 4.90 Å². The molecule has 1 fully saturated rings. The Balaban J connectivity index is 1.51. The average Bonchev–Trinajstić information content (AvgIpc) is 3.04. The molecule has 4 aromatic rings. The van der Waals surface area contributed by atoms with Crippen LogP contribution in [0.1, 0.15) is 17.8 Å². The third-order valence-corrected chi connectivity index (χ3v) is 6.03. The van der Waals surface area contributed by atoms with Crippen LogP contribution in [0, 0.1) is 5.82 Å². The Morgan fingerprint density at radius 3 is 2.39 bits per heavy atom. The minimum atomic E-state index is -4.63. The van der Waals surface area contributed by atoms with Crippen LogP contribution in [-0.4, -0.2) is 41.0 Å². The molecule has 1 aromatic heterocycles. The first-order valence-corrected chi connectivity index (χ1v) is 10.9.